The van der Waals surface area contributed by atoms with Crippen LogP contribution in [0.3, 0.4) is 0 Å². The number of rotatable bonds is 3. The first-order valence-corrected chi connectivity index (χ1v) is 5.28. The fraction of sp³-hybridized carbons (Fsp3) is 0.231. The van der Waals surface area contributed by atoms with Crippen molar-refractivity contribution in [3.05, 3.63) is 47.8 Å². The van der Waals surface area contributed by atoms with E-state index >= 15 is 0 Å². The molecule has 82 valence electrons. The van der Waals surface area contributed by atoms with Gasteiger partial charge in [-0.25, -0.2) is 0 Å². The molecular formula is C13H14N2O. The highest BCUT2D eigenvalue weighted by Gasteiger charge is 2.02. The standard InChI is InChI=1S/C13H14N2O/c1-10-2-5-14-12(8-10)13-9-11(4-7-16)3-6-15-13/h2-3,5-6,8-9,16H,4,7H2,1H3. The minimum absolute atomic E-state index is 0.157. The third-order valence-corrected chi connectivity index (χ3v) is 2.40. The van der Waals surface area contributed by atoms with Crippen LogP contribution in [0.2, 0.25) is 0 Å². The van der Waals surface area contributed by atoms with Crippen molar-refractivity contribution in [1.82, 2.24) is 9.97 Å². The summed E-state index contributed by atoms with van der Waals surface area (Å²) < 4.78 is 0. The van der Waals surface area contributed by atoms with E-state index in [0.717, 1.165) is 17.0 Å². The van der Waals surface area contributed by atoms with E-state index < -0.39 is 0 Å². The largest absolute Gasteiger partial charge is 0.396 e. The second-order valence-electron chi connectivity index (χ2n) is 3.74. The molecule has 0 aliphatic carbocycles. The van der Waals surface area contributed by atoms with E-state index in [1.54, 1.807) is 12.4 Å². The van der Waals surface area contributed by atoms with Crippen molar-refractivity contribution in [3.63, 3.8) is 0 Å². The fourth-order valence-corrected chi connectivity index (χ4v) is 1.58. The summed E-state index contributed by atoms with van der Waals surface area (Å²) >= 11 is 0. The van der Waals surface area contributed by atoms with Gasteiger partial charge in [-0.3, -0.25) is 9.97 Å². The molecule has 0 bridgehead atoms. The average molecular weight is 214 g/mol. The first-order valence-electron chi connectivity index (χ1n) is 5.28. The first-order chi connectivity index (χ1) is 7.79. The number of hydrogen-bond acceptors (Lipinski definition) is 3. The Morgan fingerprint density at radius 1 is 1.06 bits per heavy atom. The number of pyridine rings is 2. The Hall–Kier alpha value is -1.74. The van der Waals surface area contributed by atoms with Crippen LogP contribution in [-0.4, -0.2) is 21.7 Å². The van der Waals surface area contributed by atoms with Gasteiger partial charge in [0.1, 0.15) is 0 Å². The molecule has 0 spiro atoms. The van der Waals surface area contributed by atoms with Gasteiger partial charge in [0, 0.05) is 19.0 Å². The Bertz CT molecular complexity index is 483. The van der Waals surface area contributed by atoms with Crippen molar-refractivity contribution in [3.8, 4) is 11.4 Å². The van der Waals surface area contributed by atoms with Crippen LogP contribution in [0.15, 0.2) is 36.7 Å². The predicted molar refractivity (Wildman–Crippen MR) is 63.0 cm³/mol. The molecule has 3 heteroatoms. The summed E-state index contributed by atoms with van der Waals surface area (Å²) in [5, 5.41) is 8.89. The Morgan fingerprint density at radius 2 is 1.75 bits per heavy atom. The lowest BCUT2D eigenvalue weighted by atomic mass is 10.1. The van der Waals surface area contributed by atoms with Gasteiger partial charge in [0.2, 0.25) is 0 Å². The maximum absolute atomic E-state index is 8.89. The van der Waals surface area contributed by atoms with Crippen molar-refractivity contribution in [2.24, 2.45) is 0 Å². The van der Waals surface area contributed by atoms with E-state index in [1.165, 1.54) is 5.56 Å². The van der Waals surface area contributed by atoms with E-state index in [4.69, 9.17) is 5.11 Å². The highest BCUT2D eigenvalue weighted by Crippen LogP contribution is 2.16. The maximum Gasteiger partial charge on any atom is 0.0888 e. The Balaban J connectivity index is 2.36. The molecule has 2 aromatic rings. The molecule has 0 unspecified atom stereocenters. The molecule has 3 nitrogen and oxygen atoms in total. The Morgan fingerprint density at radius 3 is 2.44 bits per heavy atom. The molecule has 0 fully saturated rings. The quantitative estimate of drug-likeness (QED) is 0.849. The Kier molecular flexibility index (Phi) is 3.27. The van der Waals surface area contributed by atoms with E-state index in [-0.39, 0.29) is 6.61 Å². The summed E-state index contributed by atoms with van der Waals surface area (Å²) in [5.74, 6) is 0. The average Bonchev–Trinajstić information content (AvgIpc) is 2.30. The monoisotopic (exact) mass is 214 g/mol. The number of aliphatic hydroxyl groups excluding tert-OH is 1. The first kappa shape index (κ1) is 10.8. The summed E-state index contributed by atoms with van der Waals surface area (Å²) in [6.45, 7) is 2.19. The second kappa shape index (κ2) is 4.86. The molecular weight excluding hydrogens is 200 g/mol. The van der Waals surface area contributed by atoms with Crippen LogP contribution in [-0.2, 0) is 6.42 Å². The zero-order valence-electron chi connectivity index (χ0n) is 9.22. The molecule has 0 radical (unpaired) electrons. The van der Waals surface area contributed by atoms with Gasteiger partial charge in [0.25, 0.3) is 0 Å². The molecule has 0 atom stereocenters. The lowest BCUT2D eigenvalue weighted by Crippen LogP contribution is -1.94. The summed E-state index contributed by atoms with van der Waals surface area (Å²) in [5.41, 5.74) is 3.98. The van der Waals surface area contributed by atoms with Crippen molar-refractivity contribution in [2.75, 3.05) is 6.61 Å². The number of aryl methyl sites for hydroxylation is 1. The minimum Gasteiger partial charge on any atom is -0.396 e. The molecule has 0 amide bonds. The van der Waals surface area contributed by atoms with Crippen LogP contribution in [0.25, 0.3) is 11.4 Å². The molecule has 2 aromatic heterocycles. The zero-order valence-corrected chi connectivity index (χ0v) is 9.22. The van der Waals surface area contributed by atoms with Gasteiger partial charge in [0.05, 0.1) is 11.4 Å². The molecule has 16 heavy (non-hydrogen) atoms. The lowest BCUT2D eigenvalue weighted by molar-refractivity contribution is 0.299. The van der Waals surface area contributed by atoms with E-state index in [9.17, 15) is 0 Å². The van der Waals surface area contributed by atoms with Crippen LogP contribution in [0, 0.1) is 6.92 Å². The topological polar surface area (TPSA) is 46.0 Å². The fourth-order valence-electron chi connectivity index (χ4n) is 1.58. The molecule has 1 N–H and O–H groups in total. The van der Waals surface area contributed by atoms with Crippen LogP contribution in [0.4, 0.5) is 0 Å². The van der Waals surface area contributed by atoms with Gasteiger partial charge >= 0.3 is 0 Å². The maximum atomic E-state index is 8.89. The molecule has 2 rings (SSSR count). The third kappa shape index (κ3) is 2.44. The lowest BCUT2D eigenvalue weighted by Gasteiger charge is -2.03. The number of aliphatic hydroxyl groups is 1. The summed E-state index contributed by atoms with van der Waals surface area (Å²) in [4.78, 5) is 8.57. The van der Waals surface area contributed by atoms with Gasteiger partial charge in [-0.1, -0.05) is 0 Å². The van der Waals surface area contributed by atoms with Gasteiger partial charge in [-0.2, -0.15) is 0 Å². The van der Waals surface area contributed by atoms with Gasteiger partial charge in [0.15, 0.2) is 0 Å². The highest BCUT2D eigenvalue weighted by molar-refractivity contribution is 5.55. The molecule has 0 aliphatic heterocycles. The smallest absolute Gasteiger partial charge is 0.0888 e. The van der Waals surface area contributed by atoms with E-state index in [1.807, 2.05) is 31.2 Å². The highest BCUT2D eigenvalue weighted by atomic mass is 16.2. The van der Waals surface area contributed by atoms with Gasteiger partial charge < -0.3 is 5.11 Å². The van der Waals surface area contributed by atoms with Crippen molar-refractivity contribution < 1.29 is 5.11 Å². The zero-order chi connectivity index (χ0) is 11.4. The van der Waals surface area contributed by atoms with Crippen molar-refractivity contribution in [2.45, 2.75) is 13.3 Å². The van der Waals surface area contributed by atoms with Gasteiger partial charge in [-0.05, 0) is 48.7 Å². The van der Waals surface area contributed by atoms with Crippen LogP contribution >= 0.6 is 0 Å². The predicted octanol–water partition coefficient (Wildman–Crippen LogP) is 1.99. The minimum atomic E-state index is 0.157. The van der Waals surface area contributed by atoms with Crippen molar-refractivity contribution >= 4 is 0 Å². The molecule has 0 aliphatic rings. The van der Waals surface area contributed by atoms with Crippen LogP contribution in [0.1, 0.15) is 11.1 Å². The number of hydrogen-bond donors (Lipinski definition) is 1. The Labute approximate surface area is 94.8 Å². The third-order valence-electron chi connectivity index (χ3n) is 2.40. The van der Waals surface area contributed by atoms with Crippen LogP contribution in [0.5, 0.6) is 0 Å². The SMILES string of the molecule is Cc1ccnc(-c2cc(CCO)ccn2)c1. The molecule has 2 heterocycles. The molecule has 0 saturated carbocycles. The summed E-state index contributed by atoms with van der Waals surface area (Å²) in [6.07, 6.45) is 4.19. The van der Waals surface area contributed by atoms with E-state index in [0.29, 0.717) is 6.42 Å². The second-order valence-corrected chi connectivity index (χ2v) is 3.74. The van der Waals surface area contributed by atoms with E-state index in [2.05, 4.69) is 9.97 Å². The summed E-state index contributed by atoms with van der Waals surface area (Å²) in [7, 11) is 0. The van der Waals surface area contributed by atoms with Crippen LogP contribution < -0.4 is 0 Å². The normalized spacial score (nSPS) is 10.4. The van der Waals surface area contributed by atoms with Gasteiger partial charge in [-0.15, -0.1) is 0 Å². The number of nitrogens with zero attached hydrogens (tertiary/aromatic N) is 2. The summed E-state index contributed by atoms with van der Waals surface area (Å²) in [6, 6.07) is 7.85. The molecule has 0 aromatic carbocycles. The van der Waals surface area contributed by atoms with Crippen molar-refractivity contribution in [1.29, 1.82) is 0 Å². The molecule has 0 saturated heterocycles. The number of aromatic nitrogens is 2.